The fraction of sp³-hybridized carbons (Fsp3) is 0.556. The van der Waals surface area contributed by atoms with Gasteiger partial charge in [0.1, 0.15) is 5.75 Å². The molecular weight excluding hydrogens is 276 g/mol. The lowest BCUT2D eigenvalue weighted by Crippen LogP contribution is -2.19. The van der Waals surface area contributed by atoms with Gasteiger partial charge in [-0.3, -0.25) is 4.79 Å². The zero-order valence-electron chi connectivity index (χ0n) is 14.2. The van der Waals surface area contributed by atoms with Crippen molar-refractivity contribution in [3.63, 3.8) is 0 Å². The molecule has 1 aromatic carbocycles. The van der Waals surface area contributed by atoms with Gasteiger partial charge in [0.05, 0.1) is 6.61 Å². The van der Waals surface area contributed by atoms with Gasteiger partial charge in [-0.1, -0.05) is 33.6 Å². The first kappa shape index (κ1) is 18.2. The van der Waals surface area contributed by atoms with Crippen molar-refractivity contribution < 1.29 is 9.53 Å². The fourth-order valence-corrected chi connectivity index (χ4v) is 1.86. The Morgan fingerprint density at radius 1 is 1.23 bits per heavy atom. The van der Waals surface area contributed by atoms with Gasteiger partial charge in [-0.05, 0) is 49.9 Å². The first-order chi connectivity index (χ1) is 10.5. The highest BCUT2D eigenvalue weighted by atomic mass is 16.5. The molecule has 4 nitrogen and oxygen atoms in total. The SMILES string of the molecule is CCCCC/C(C)=N/NC(=O)c1ccc(OCC(C)C)cc1. The van der Waals surface area contributed by atoms with E-state index in [0.29, 0.717) is 18.1 Å². The first-order valence-corrected chi connectivity index (χ1v) is 8.09. The maximum absolute atomic E-state index is 12.0. The molecule has 0 unspecified atom stereocenters. The van der Waals surface area contributed by atoms with Gasteiger partial charge in [-0.15, -0.1) is 0 Å². The minimum absolute atomic E-state index is 0.190. The van der Waals surface area contributed by atoms with Crippen molar-refractivity contribution in [2.24, 2.45) is 11.0 Å². The summed E-state index contributed by atoms with van der Waals surface area (Å²) in [5.41, 5.74) is 4.15. The number of hydrazone groups is 1. The Kier molecular flexibility index (Phi) is 8.26. The molecule has 0 saturated carbocycles. The second kappa shape index (κ2) is 9.98. The molecule has 0 radical (unpaired) electrons. The number of carbonyl (C=O) groups excluding carboxylic acids is 1. The molecule has 0 aliphatic heterocycles. The first-order valence-electron chi connectivity index (χ1n) is 8.09. The van der Waals surface area contributed by atoms with Crippen LogP contribution in [-0.2, 0) is 0 Å². The zero-order valence-corrected chi connectivity index (χ0v) is 14.2. The van der Waals surface area contributed by atoms with E-state index < -0.39 is 0 Å². The summed E-state index contributed by atoms with van der Waals surface area (Å²) in [6.07, 6.45) is 4.42. The van der Waals surface area contributed by atoms with Crippen molar-refractivity contribution in [3.05, 3.63) is 29.8 Å². The number of benzene rings is 1. The number of rotatable bonds is 9. The summed E-state index contributed by atoms with van der Waals surface area (Å²) in [7, 11) is 0. The lowest BCUT2D eigenvalue weighted by atomic mass is 10.1. The van der Waals surface area contributed by atoms with E-state index in [9.17, 15) is 4.79 Å². The molecule has 22 heavy (non-hydrogen) atoms. The summed E-state index contributed by atoms with van der Waals surface area (Å²) < 4.78 is 5.60. The predicted molar refractivity (Wildman–Crippen MR) is 91.5 cm³/mol. The van der Waals surface area contributed by atoms with E-state index in [1.54, 1.807) is 12.1 Å². The number of amides is 1. The van der Waals surface area contributed by atoms with Gasteiger partial charge in [0, 0.05) is 11.3 Å². The largest absolute Gasteiger partial charge is 0.493 e. The van der Waals surface area contributed by atoms with Gasteiger partial charge in [-0.2, -0.15) is 5.10 Å². The molecule has 122 valence electrons. The third-order valence-electron chi connectivity index (χ3n) is 3.19. The van der Waals surface area contributed by atoms with Crippen molar-refractivity contribution in [3.8, 4) is 5.75 Å². The normalized spacial score (nSPS) is 11.6. The fourth-order valence-electron chi connectivity index (χ4n) is 1.86. The van der Waals surface area contributed by atoms with Crippen LogP contribution in [-0.4, -0.2) is 18.2 Å². The van der Waals surface area contributed by atoms with Gasteiger partial charge < -0.3 is 4.74 Å². The molecule has 0 saturated heterocycles. The van der Waals surface area contributed by atoms with E-state index in [1.165, 1.54) is 12.8 Å². The summed E-state index contributed by atoms with van der Waals surface area (Å²) in [6.45, 7) is 8.99. The Labute approximate surface area is 134 Å². The molecule has 1 amide bonds. The molecule has 1 aromatic rings. The van der Waals surface area contributed by atoms with E-state index in [0.717, 1.165) is 24.3 Å². The quantitative estimate of drug-likeness (QED) is 0.417. The Morgan fingerprint density at radius 3 is 2.50 bits per heavy atom. The monoisotopic (exact) mass is 304 g/mol. The van der Waals surface area contributed by atoms with Gasteiger partial charge in [-0.25, -0.2) is 5.43 Å². The maximum Gasteiger partial charge on any atom is 0.271 e. The smallest absolute Gasteiger partial charge is 0.271 e. The van der Waals surface area contributed by atoms with Crippen LogP contribution in [0.1, 0.15) is 63.7 Å². The highest BCUT2D eigenvalue weighted by molar-refractivity contribution is 5.95. The lowest BCUT2D eigenvalue weighted by Gasteiger charge is -2.09. The summed E-state index contributed by atoms with van der Waals surface area (Å²) in [6, 6.07) is 7.14. The molecule has 0 aliphatic carbocycles. The number of unbranched alkanes of at least 4 members (excludes halogenated alkanes) is 2. The van der Waals surface area contributed by atoms with Crippen molar-refractivity contribution in [2.45, 2.75) is 53.4 Å². The molecule has 0 fully saturated rings. The second-order valence-corrected chi connectivity index (χ2v) is 5.97. The van der Waals surface area contributed by atoms with E-state index in [4.69, 9.17) is 4.74 Å². The van der Waals surface area contributed by atoms with Crippen LogP contribution in [0.4, 0.5) is 0 Å². The molecule has 0 atom stereocenters. The van der Waals surface area contributed by atoms with Crippen LogP contribution in [0.25, 0.3) is 0 Å². The molecule has 0 aromatic heterocycles. The summed E-state index contributed by atoms with van der Waals surface area (Å²) in [5, 5.41) is 4.14. The third-order valence-corrected chi connectivity index (χ3v) is 3.19. The number of hydrogen-bond acceptors (Lipinski definition) is 3. The molecule has 1 N–H and O–H groups in total. The van der Waals surface area contributed by atoms with Crippen molar-refractivity contribution in [2.75, 3.05) is 6.61 Å². The van der Waals surface area contributed by atoms with E-state index in [1.807, 2.05) is 19.1 Å². The van der Waals surface area contributed by atoms with Crippen LogP contribution in [0.15, 0.2) is 29.4 Å². The molecular formula is C18H28N2O2. The maximum atomic E-state index is 12.0. The van der Waals surface area contributed by atoms with Crippen LogP contribution in [0.2, 0.25) is 0 Å². The lowest BCUT2D eigenvalue weighted by molar-refractivity contribution is 0.0954. The molecule has 0 aliphatic rings. The number of hydrogen-bond donors (Lipinski definition) is 1. The topological polar surface area (TPSA) is 50.7 Å². The summed E-state index contributed by atoms with van der Waals surface area (Å²) >= 11 is 0. The molecule has 4 heteroatoms. The van der Waals surface area contributed by atoms with Crippen LogP contribution in [0.5, 0.6) is 5.75 Å². The molecule has 0 bridgehead atoms. The van der Waals surface area contributed by atoms with Gasteiger partial charge in [0.2, 0.25) is 0 Å². The number of carbonyl (C=O) groups is 1. The second-order valence-electron chi connectivity index (χ2n) is 5.97. The Hall–Kier alpha value is -1.84. The Balaban J connectivity index is 2.46. The number of nitrogens with one attached hydrogen (secondary N) is 1. The standard InChI is InChI=1S/C18H28N2O2/c1-5-6-7-8-15(4)19-20-18(21)16-9-11-17(12-10-16)22-13-14(2)3/h9-12,14H,5-8,13H2,1-4H3,(H,20,21)/b19-15+. The average Bonchev–Trinajstić information content (AvgIpc) is 2.51. The Bertz CT molecular complexity index is 478. The number of ether oxygens (including phenoxy) is 1. The minimum Gasteiger partial charge on any atom is -0.493 e. The van der Waals surface area contributed by atoms with Gasteiger partial charge in [0.15, 0.2) is 0 Å². The highest BCUT2D eigenvalue weighted by Gasteiger charge is 2.05. The predicted octanol–water partition coefficient (Wildman–Crippen LogP) is 4.41. The molecule has 1 rings (SSSR count). The minimum atomic E-state index is -0.190. The van der Waals surface area contributed by atoms with Crippen LogP contribution >= 0.6 is 0 Å². The van der Waals surface area contributed by atoms with E-state index in [2.05, 4.69) is 31.3 Å². The van der Waals surface area contributed by atoms with Crippen LogP contribution in [0.3, 0.4) is 0 Å². The Morgan fingerprint density at radius 2 is 1.91 bits per heavy atom. The summed E-state index contributed by atoms with van der Waals surface area (Å²) in [4.78, 5) is 12.0. The highest BCUT2D eigenvalue weighted by Crippen LogP contribution is 2.13. The third kappa shape index (κ3) is 7.25. The van der Waals surface area contributed by atoms with Crippen molar-refractivity contribution in [1.29, 1.82) is 0 Å². The van der Waals surface area contributed by atoms with Crippen molar-refractivity contribution >= 4 is 11.6 Å². The van der Waals surface area contributed by atoms with Gasteiger partial charge >= 0.3 is 0 Å². The van der Waals surface area contributed by atoms with Crippen molar-refractivity contribution in [1.82, 2.24) is 5.43 Å². The zero-order chi connectivity index (χ0) is 16.4. The molecule has 0 spiro atoms. The molecule has 0 heterocycles. The average molecular weight is 304 g/mol. The number of nitrogens with zero attached hydrogens (tertiary/aromatic N) is 1. The van der Waals surface area contributed by atoms with Gasteiger partial charge in [0.25, 0.3) is 5.91 Å². The van der Waals surface area contributed by atoms with E-state index >= 15 is 0 Å². The van der Waals surface area contributed by atoms with Crippen LogP contribution in [0, 0.1) is 5.92 Å². The summed E-state index contributed by atoms with van der Waals surface area (Å²) in [5.74, 6) is 1.07. The van der Waals surface area contributed by atoms with E-state index in [-0.39, 0.29) is 5.91 Å². The van der Waals surface area contributed by atoms with Crippen LogP contribution < -0.4 is 10.2 Å².